The van der Waals surface area contributed by atoms with E-state index in [-0.39, 0.29) is 11.8 Å². The lowest BCUT2D eigenvalue weighted by molar-refractivity contribution is 0.0670. The molecule has 0 aliphatic carbocycles. The van der Waals surface area contributed by atoms with E-state index >= 15 is 0 Å². The molecule has 0 aromatic heterocycles. The Morgan fingerprint density at radius 1 is 1.53 bits per heavy atom. The van der Waals surface area contributed by atoms with Gasteiger partial charge in [0.2, 0.25) is 0 Å². The predicted octanol–water partition coefficient (Wildman–Crippen LogP) is 0.578. The highest BCUT2D eigenvalue weighted by atomic mass is 32.2. The molecule has 4 nitrogen and oxygen atoms in total. The van der Waals surface area contributed by atoms with Crippen LogP contribution < -0.4 is 5.32 Å². The van der Waals surface area contributed by atoms with Crippen molar-refractivity contribution in [3.63, 3.8) is 0 Å². The first-order valence-electron chi connectivity index (χ1n) is 5.49. The Balaban J connectivity index is 2.20. The minimum atomic E-state index is -2.83. The molecule has 1 saturated heterocycles. The SMILES string of the molecule is CC(CCS(C)(=O)=O)NC1CCCOC1. The molecule has 2 unspecified atom stereocenters. The van der Waals surface area contributed by atoms with E-state index in [2.05, 4.69) is 5.32 Å². The zero-order valence-corrected chi connectivity index (χ0v) is 10.3. The topological polar surface area (TPSA) is 55.4 Å². The number of rotatable bonds is 5. The number of hydrogen-bond acceptors (Lipinski definition) is 4. The third-order valence-electron chi connectivity index (χ3n) is 2.60. The Hall–Kier alpha value is -0.130. The predicted molar refractivity (Wildman–Crippen MR) is 60.8 cm³/mol. The van der Waals surface area contributed by atoms with Crippen molar-refractivity contribution in [2.24, 2.45) is 0 Å². The Bertz CT molecular complexity index is 270. The first-order chi connectivity index (χ1) is 6.97. The molecule has 2 atom stereocenters. The zero-order chi connectivity index (χ0) is 11.3. The van der Waals surface area contributed by atoms with Gasteiger partial charge in [0.15, 0.2) is 0 Å². The molecule has 0 bridgehead atoms. The minimum absolute atomic E-state index is 0.242. The number of ether oxygens (including phenoxy) is 1. The molecule has 1 fully saturated rings. The van der Waals surface area contributed by atoms with Gasteiger partial charge in [-0.25, -0.2) is 8.42 Å². The second-order valence-electron chi connectivity index (χ2n) is 4.40. The molecule has 0 aromatic carbocycles. The molecule has 0 amide bonds. The van der Waals surface area contributed by atoms with Gasteiger partial charge in [-0.05, 0) is 26.2 Å². The van der Waals surface area contributed by atoms with Gasteiger partial charge in [0, 0.05) is 24.9 Å². The molecule has 1 heterocycles. The average Bonchev–Trinajstić information content (AvgIpc) is 2.15. The van der Waals surface area contributed by atoms with Crippen LogP contribution in [-0.2, 0) is 14.6 Å². The molecule has 15 heavy (non-hydrogen) atoms. The van der Waals surface area contributed by atoms with Gasteiger partial charge in [0.1, 0.15) is 9.84 Å². The maximum Gasteiger partial charge on any atom is 0.147 e. The normalized spacial score (nSPS) is 25.1. The monoisotopic (exact) mass is 235 g/mol. The first-order valence-corrected chi connectivity index (χ1v) is 7.55. The summed E-state index contributed by atoms with van der Waals surface area (Å²) >= 11 is 0. The van der Waals surface area contributed by atoms with E-state index in [1.165, 1.54) is 6.26 Å². The number of nitrogens with one attached hydrogen (secondary N) is 1. The Morgan fingerprint density at radius 3 is 2.80 bits per heavy atom. The second-order valence-corrected chi connectivity index (χ2v) is 6.66. The quantitative estimate of drug-likeness (QED) is 0.757. The first kappa shape index (κ1) is 12.9. The van der Waals surface area contributed by atoms with Gasteiger partial charge >= 0.3 is 0 Å². The number of hydrogen-bond donors (Lipinski definition) is 1. The summed E-state index contributed by atoms with van der Waals surface area (Å²) in [6, 6.07) is 0.639. The van der Waals surface area contributed by atoms with Crippen molar-refractivity contribution in [3.8, 4) is 0 Å². The van der Waals surface area contributed by atoms with Gasteiger partial charge in [-0.3, -0.25) is 0 Å². The lowest BCUT2D eigenvalue weighted by atomic mass is 10.1. The van der Waals surface area contributed by atoms with Crippen LogP contribution in [0.15, 0.2) is 0 Å². The summed E-state index contributed by atoms with van der Waals surface area (Å²) < 4.78 is 27.3. The van der Waals surface area contributed by atoms with E-state index in [0.29, 0.717) is 12.5 Å². The van der Waals surface area contributed by atoms with E-state index in [0.717, 1.165) is 26.1 Å². The van der Waals surface area contributed by atoms with E-state index in [1.54, 1.807) is 0 Å². The third kappa shape index (κ3) is 6.12. The van der Waals surface area contributed by atoms with Crippen LogP contribution >= 0.6 is 0 Å². The van der Waals surface area contributed by atoms with E-state index < -0.39 is 9.84 Å². The van der Waals surface area contributed by atoms with Crippen LogP contribution in [0.3, 0.4) is 0 Å². The zero-order valence-electron chi connectivity index (χ0n) is 9.53. The van der Waals surface area contributed by atoms with Gasteiger partial charge < -0.3 is 10.1 Å². The summed E-state index contributed by atoms with van der Waals surface area (Å²) in [4.78, 5) is 0. The minimum Gasteiger partial charge on any atom is -0.380 e. The second kappa shape index (κ2) is 5.82. The standard InChI is InChI=1S/C10H21NO3S/c1-9(5-7-15(2,12)13)11-10-4-3-6-14-8-10/h9-11H,3-8H2,1-2H3. The van der Waals surface area contributed by atoms with Crippen LogP contribution in [-0.4, -0.2) is 45.7 Å². The summed E-state index contributed by atoms with van der Waals surface area (Å²) in [5, 5.41) is 3.40. The molecule has 1 rings (SSSR count). The molecule has 5 heteroatoms. The van der Waals surface area contributed by atoms with Crippen molar-refractivity contribution in [3.05, 3.63) is 0 Å². The van der Waals surface area contributed by atoms with Gasteiger partial charge in [0.05, 0.1) is 12.4 Å². The molecular formula is C10H21NO3S. The molecule has 90 valence electrons. The molecule has 1 aliphatic heterocycles. The lowest BCUT2D eigenvalue weighted by Crippen LogP contribution is -2.42. The molecule has 0 spiro atoms. The largest absolute Gasteiger partial charge is 0.380 e. The smallest absolute Gasteiger partial charge is 0.147 e. The fourth-order valence-corrected chi connectivity index (χ4v) is 2.53. The highest BCUT2D eigenvalue weighted by Gasteiger charge is 2.16. The van der Waals surface area contributed by atoms with E-state index in [1.807, 2.05) is 6.92 Å². The summed E-state index contributed by atoms with van der Waals surface area (Å²) in [7, 11) is -2.83. The van der Waals surface area contributed by atoms with Gasteiger partial charge in [0.25, 0.3) is 0 Å². The van der Waals surface area contributed by atoms with Crippen LogP contribution in [0.1, 0.15) is 26.2 Å². The van der Waals surface area contributed by atoms with Crippen LogP contribution in [0.25, 0.3) is 0 Å². The molecule has 0 saturated carbocycles. The number of sulfone groups is 1. The van der Waals surface area contributed by atoms with Gasteiger partial charge in [-0.15, -0.1) is 0 Å². The van der Waals surface area contributed by atoms with Crippen molar-refractivity contribution in [1.82, 2.24) is 5.32 Å². The molecule has 0 aromatic rings. The van der Waals surface area contributed by atoms with E-state index in [4.69, 9.17) is 4.74 Å². The fourth-order valence-electron chi connectivity index (χ4n) is 1.75. The maximum atomic E-state index is 11.0. The summed E-state index contributed by atoms with van der Waals surface area (Å²) in [5.41, 5.74) is 0. The third-order valence-corrected chi connectivity index (χ3v) is 3.58. The average molecular weight is 235 g/mol. The molecule has 1 N–H and O–H groups in total. The van der Waals surface area contributed by atoms with Crippen molar-refractivity contribution in [1.29, 1.82) is 0 Å². The van der Waals surface area contributed by atoms with Crippen molar-refractivity contribution >= 4 is 9.84 Å². The van der Waals surface area contributed by atoms with Crippen LogP contribution in [0.2, 0.25) is 0 Å². The van der Waals surface area contributed by atoms with Crippen molar-refractivity contribution in [2.45, 2.75) is 38.3 Å². The highest BCUT2D eigenvalue weighted by Crippen LogP contribution is 2.07. The van der Waals surface area contributed by atoms with Crippen LogP contribution in [0.5, 0.6) is 0 Å². The molecular weight excluding hydrogens is 214 g/mol. The van der Waals surface area contributed by atoms with Crippen molar-refractivity contribution < 1.29 is 13.2 Å². The maximum absolute atomic E-state index is 11.0. The summed E-state index contributed by atoms with van der Waals surface area (Å²) in [6.07, 6.45) is 4.18. The summed E-state index contributed by atoms with van der Waals surface area (Å²) in [5.74, 6) is 0.259. The molecule has 0 radical (unpaired) electrons. The highest BCUT2D eigenvalue weighted by molar-refractivity contribution is 7.90. The van der Waals surface area contributed by atoms with Gasteiger partial charge in [-0.1, -0.05) is 0 Å². The lowest BCUT2D eigenvalue weighted by Gasteiger charge is -2.26. The van der Waals surface area contributed by atoms with Gasteiger partial charge in [-0.2, -0.15) is 0 Å². The van der Waals surface area contributed by atoms with Crippen LogP contribution in [0.4, 0.5) is 0 Å². The van der Waals surface area contributed by atoms with Crippen LogP contribution in [0, 0.1) is 0 Å². The van der Waals surface area contributed by atoms with E-state index in [9.17, 15) is 8.42 Å². The Morgan fingerprint density at radius 2 is 2.27 bits per heavy atom. The fraction of sp³-hybridized carbons (Fsp3) is 1.00. The Labute approximate surface area is 92.3 Å². The summed E-state index contributed by atoms with van der Waals surface area (Å²) in [6.45, 7) is 3.64. The Kier molecular flexibility index (Phi) is 5.02. The molecule has 1 aliphatic rings. The van der Waals surface area contributed by atoms with Crippen molar-refractivity contribution in [2.75, 3.05) is 25.2 Å².